The van der Waals surface area contributed by atoms with E-state index in [0.29, 0.717) is 17.4 Å². The third kappa shape index (κ3) is 6.03. The van der Waals surface area contributed by atoms with Crippen molar-refractivity contribution in [2.24, 2.45) is 0 Å². The first-order valence-corrected chi connectivity index (χ1v) is 11.8. The molecule has 3 rings (SSSR count). The SMILES string of the molecule is C=CCn1cnnc1SCC(=O)Nc1ccc(S(=O)(=O)N(C)Cc2ccccc2)cc1. The Morgan fingerprint density at radius 3 is 2.58 bits per heavy atom. The molecule has 1 amide bonds. The normalized spacial score (nSPS) is 11.4. The number of carbonyl (C=O) groups is 1. The second-order valence-electron chi connectivity index (χ2n) is 6.66. The molecule has 0 radical (unpaired) electrons. The van der Waals surface area contributed by atoms with E-state index in [-0.39, 0.29) is 23.1 Å². The van der Waals surface area contributed by atoms with Crippen molar-refractivity contribution in [1.29, 1.82) is 0 Å². The van der Waals surface area contributed by atoms with Crippen LogP contribution in [0.5, 0.6) is 0 Å². The van der Waals surface area contributed by atoms with Crippen LogP contribution in [0, 0.1) is 0 Å². The zero-order valence-corrected chi connectivity index (χ0v) is 18.6. The number of amides is 1. The monoisotopic (exact) mass is 457 g/mol. The Bertz CT molecular complexity index is 1130. The van der Waals surface area contributed by atoms with Crippen molar-refractivity contribution in [1.82, 2.24) is 19.1 Å². The van der Waals surface area contributed by atoms with Gasteiger partial charge in [-0.25, -0.2) is 8.42 Å². The first kappa shape index (κ1) is 22.7. The van der Waals surface area contributed by atoms with E-state index in [1.807, 2.05) is 30.3 Å². The number of carbonyl (C=O) groups excluding carboxylic acids is 1. The number of thioether (sulfide) groups is 1. The molecule has 1 heterocycles. The van der Waals surface area contributed by atoms with Crippen LogP contribution in [-0.4, -0.2) is 46.2 Å². The van der Waals surface area contributed by atoms with Gasteiger partial charge in [0, 0.05) is 25.8 Å². The fourth-order valence-corrected chi connectivity index (χ4v) is 4.65. The van der Waals surface area contributed by atoms with Crippen LogP contribution in [-0.2, 0) is 27.9 Å². The maximum Gasteiger partial charge on any atom is 0.243 e. The van der Waals surface area contributed by atoms with Gasteiger partial charge >= 0.3 is 0 Å². The summed E-state index contributed by atoms with van der Waals surface area (Å²) in [6.45, 7) is 4.51. The molecule has 0 spiro atoms. The van der Waals surface area contributed by atoms with Crippen molar-refractivity contribution in [2.75, 3.05) is 18.1 Å². The number of nitrogens with zero attached hydrogens (tertiary/aromatic N) is 4. The summed E-state index contributed by atoms with van der Waals surface area (Å²) in [6, 6.07) is 15.5. The average molecular weight is 458 g/mol. The molecular weight excluding hydrogens is 434 g/mol. The van der Waals surface area contributed by atoms with Gasteiger partial charge < -0.3 is 9.88 Å². The van der Waals surface area contributed by atoms with Crippen LogP contribution in [0.1, 0.15) is 5.56 Å². The van der Waals surface area contributed by atoms with Gasteiger partial charge in [0.15, 0.2) is 5.16 Å². The molecule has 10 heteroatoms. The van der Waals surface area contributed by atoms with Crippen LogP contribution in [0.4, 0.5) is 5.69 Å². The topological polar surface area (TPSA) is 97.2 Å². The third-order valence-electron chi connectivity index (χ3n) is 4.33. The molecule has 0 fully saturated rings. The second kappa shape index (κ2) is 10.4. The van der Waals surface area contributed by atoms with Gasteiger partial charge in [-0.3, -0.25) is 4.79 Å². The van der Waals surface area contributed by atoms with Crippen molar-refractivity contribution in [3.05, 3.63) is 79.1 Å². The lowest BCUT2D eigenvalue weighted by Gasteiger charge is -2.17. The minimum Gasteiger partial charge on any atom is -0.325 e. The second-order valence-corrected chi connectivity index (χ2v) is 9.65. The zero-order valence-electron chi connectivity index (χ0n) is 17.0. The van der Waals surface area contributed by atoms with Crippen LogP contribution in [0.3, 0.4) is 0 Å². The summed E-state index contributed by atoms with van der Waals surface area (Å²) < 4.78 is 28.7. The van der Waals surface area contributed by atoms with Gasteiger partial charge in [0.25, 0.3) is 0 Å². The van der Waals surface area contributed by atoms with Crippen LogP contribution in [0.15, 0.2) is 83.6 Å². The molecule has 0 unspecified atom stereocenters. The number of allylic oxidation sites excluding steroid dienone is 1. The molecule has 0 bridgehead atoms. The van der Waals surface area contributed by atoms with Crippen molar-refractivity contribution in [3.63, 3.8) is 0 Å². The number of hydrogen-bond acceptors (Lipinski definition) is 6. The van der Waals surface area contributed by atoms with Gasteiger partial charge in [-0.15, -0.1) is 16.8 Å². The number of benzene rings is 2. The van der Waals surface area contributed by atoms with E-state index in [4.69, 9.17) is 0 Å². The Morgan fingerprint density at radius 2 is 1.90 bits per heavy atom. The maximum absolute atomic E-state index is 12.8. The molecule has 8 nitrogen and oxygen atoms in total. The smallest absolute Gasteiger partial charge is 0.243 e. The summed E-state index contributed by atoms with van der Waals surface area (Å²) in [5, 5.41) is 11.2. The number of hydrogen-bond donors (Lipinski definition) is 1. The van der Waals surface area contributed by atoms with E-state index in [0.717, 1.165) is 5.56 Å². The highest BCUT2D eigenvalue weighted by Gasteiger charge is 2.21. The lowest BCUT2D eigenvalue weighted by Crippen LogP contribution is -2.26. The highest BCUT2D eigenvalue weighted by atomic mass is 32.2. The molecule has 0 aliphatic rings. The Labute approximate surface area is 186 Å². The van der Waals surface area contributed by atoms with E-state index < -0.39 is 10.0 Å². The minimum absolute atomic E-state index is 0.149. The molecule has 162 valence electrons. The van der Waals surface area contributed by atoms with E-state index in [1.165, 1.54) is 28.2 Å². The van der Waals surface area contributed by atoms with Gasteiger partial charge in [-0.1, -0.05) is 48.2 Å². The van der Waals surface area contributed by atoms with Gasteiger partial charge in [-0.2, -0.15) is 4.31 Å². The average Bonchev–Trinajstić information content (AvgIpc) is 3.21. The molecule has 1 N–H and O–H groups in total. The van der Waals surface area contributed by atoms with Gasteiger partial charge in [0.1, 0.15) is 6.33 Å². The summed E-state index contributed by atoms with van der Waals surface area (Å²) in [7, 11) is -2.10. The first-order valence-electron chi connectivity index (χ1n) is 9.42. The Morgan fingerprint density at radius 1 is 1.19 bits per heavy atom. The van der Waals surface area contributed by atoms with Gasteiger partial charge in [0.2, 0.25) is 15.9 Å². The minimum atomic E-state index is -3.64. The molecule has 0 aliphatic heterocycles. The highest BCUT2D eigenvalue weighted by molar-refractivity contribution is 7.99. The number of rotatable bonds is 10. The van der Waals surface area contributed by atoms with Gasteiger partial charge in [-0.05, 0) is 29.8 Å². The van der Waals surface area contributed by atoms with Crippen LogP contribution < -0.4 is 5.32 Å². The number of nitrogens with one attached hydrogen (secondary N) is 1. The van der Waals surface area contributed by atoms with Gasteiger partial charge in [0.05, 0.1) is 10.6 Å². The van der Waals surface area contributed by atoms with Crippen LogP contribution in [0.25, 0.3) is 0 Å². The van der Waals surface area contributed by atoms with E-state index in [9.17, 15) is 13.2 Å². The summed E-state index contributed by atoms with van der Waals surface area (Å²) in [5.41, 5.74) is 1.42. The number of sulfonamides is 1. The summed E-state index contributed by atoms with van der Waals surface area (Å²) in [4.78, 5) is 12.4. The predicted molar refractivity (Wildman–Crippen MR) is 121 cm³/mol. The fourth-order valence-electron chi connectivity index (χ4n) is 2.76. The standard InChI is InChI=1S/C21H23N5O3S2/c1-3-13-26-16-22-24-21(26)30-15-20(27)23-18-9-11-19(12-10-18)31(28,29)25(2)14-17-7-5-4-6-8-17/h3-12,16H,1,13-15H2,2H3,(H,23,27). The molecular formula is C21H23N5O3S2. The van der Waals surface area contributed by atoms with Crippen molar-refractivity contribution < 1.29 is 13.2 Å². The molecule has 3 aromatic rings. The zero-order chi connectivity index (χ0) is 22.3. The maximum atomic E-state index is 12.8. The highest BCUT2D eigenvalue weighted by Crippen LogP contribution is 2.20. The molecule has 31 heavy (non-hydrogen) atoms. The van der Waals surface area contributed by atoms with E-state index in [2.05, 4.69) is 22.1 Å². The molecule has 0 aliphatic carbocycles. The predicted octanol–water partition coefficient (Wildman–Crippen LogP) is 3.02. The first-order chi connectivity index (χ1) is 14.9. The summed E-state index contributed by atoms with van der Waals surface area (Å²) in [6.07, 6.45) is 3.30. The largest absolute Gasteiger partial charge is 0.325 e. The Balaban J connectivity index is 1.58. The Kier molecular flexibility index (Phi) is 7.61. The summed E-state index contributed by atoms with van der Waals surface area (Å²) in [5.74, 6) is -0.0784. The van der Waals surface area contributed by atoms with Crippen molar-refractivity contribution in [3.8, 4) is 0 Å². The molecule has 0 saturated carbocycles. The quantitative estimate of drug-likeness (QED) is 0.371. The number of aromatic nitrogens is 3. The molecule has 2 aromatic carbocycles. The van der Waals surface area contributed by atoms with Crippen molar-refractivity contribution in [2.45, 2.75) is 23.1 Å². The van der Waals surface area contributed by atoms with Crippen LogP contribution >= 0.6 is 11.8 Å². The lowest BCUT2D eigenvalue weighted by molar-refractivity contribution is -0.113. The van der Waals surface area contributed by atoms with Crippen LogP contribution in [0.2, 0.25) is 0 Å². The third-order valence-corrected chi connectivity index (χ3v) is 7.13. The molecule has 0 saturated heterocycles. The lowest BCUT2D eigenvalue weighted by atomic mass is 10.2. The number of anilines is 1. The molecule has 0 atom stereocenters. The van der Waals surface area contributed by atoms with E-state index in [1.54, 1.807) is 36.2 Å². The summed E-state index contributed by atoms with van der Waals surface area (Å²) >= 11 is 1.26. The fraction of sp³-hybridized carbons (Fsp3) is 0.190. The van der Waals surface area contributed by atoms with Crippen molar-refractivity contribution >= 4 is 33.4 Å². The van der Waals surface area contributed by atoms with E-state index >= 15 is 0 Å². The Hall–Kier alpha value is -2.95. The molecule has 1 aromatic heterocycles.